The molecule has 0 radical (unpaired) electrons. The molecule has 2 aromatic heterocycles. The number of benzene rings is 2. The molecule has 8 heteroatoms. The molecule has 2 atom stereocenters. The highest BCUT2D eigenvalue weighted by molar-refractivity contribution is 6.05. The Hall–Kier alpha value is -3.52. The monoisotopic (exact) mass is 441 g/mol. The number of carbonyl (C=O) groups excluding carboxylic acids is 1. The van der Waals surface area contributed by atoms with Gasteiger partial charge >= 0.3 is 0 Å². The second-order valence-corrected chi connectivity index (χ2v) is 9.35. The largest absolute Gasteiger partial charge is 0.364 e. The minimum Gasteiger partial charge on any atom is -0.364 e. The molecule has 2 saturated heterocycles. The number of nitrogens with zero attached hydrogens (tertiary/aromatic N) is 6. The second-order valence-electron chi connectivity index (χ2n) is 9.35. The van der Waals surface area contributed by atoms with Crippen molar-refractivity contribution in [1.29, 1.82) is 0 Å². The first-order valence-electron chi connectivity index (χ1n) is 11.6. The Balaban J connectivity index is 1.34. The molecule has 4 aromatic rings. The zero-order valence-electron chi connectivity index (χ0n) is 18.6. The lowest BCUT2D eigenvalue weighted by Gasteiger charge is -2.36. The Kier molecular flexibility index (Phi) is 4.76. The lowest BCUT2D eigenvalue weighted by atomic mass is 9.98. The minimum absolute atomic E-state index is 0.284. The first-order chi connectivity index (χ1) is 16.1. The van der Waals surface area contributed by atoms with Gasteiger partial charge in [-0.25, -0.2) is 4.68 Å². The molecule has 0 saturated carbocycles. The second kappa shape index (κ2) is 7.81. The van der Waals surface area contributed by atoms with Gasteiger partial charge in [0, 0.05) is 23.0 Å². The Morgan fingerprint density at radius 2 is 1.82 bits per heavy atom. The molecule has 1 amide bonds. The van der Waals surface area contributed by atoms with Crippen molar-refractivity contribution in [2.24, 2.45) is 5.73 Å². The van der Waals surface area contributed by atoms with E-state index in [4.69, 9.17) is 10.8 Å². The summed E-state index contributed by atoms with van der Waals surface area (Å²) >= 11 is 0. The van der Waals surface area contributed by atoms with Gasteiger partial charge in [-0.15, -0.1) is 5.10 Å². The predicted octanol–water partition coefficient (Wildman–Crippen LogP) is 3.24. The van der Waals surface area contributed by atoms with Gasteiger partial charge in [0.25, 0.3) is 5.91 Å². The summed E-state index contributed by atoms with van der Waals surface area (Å²) in [6.07, 6.45) is 6.51. The van der Waals surface area contributed by atoms with E-state index in [9.17, 15) is 4.79 Å². The predicted molar refractivity (Wildman–Crippen MR) is 126 cm³/mol. The third kappa shape index (κ3) is 3.51. The van der Waals surface area contributed by atoms with E-state index >= 15 is 0 Å². The molecule has 33 heavy (non-hydrogen) atoms. The van der Waals surface area contributed by atoms with E-state index in [1.165, 1.54) is 12.8 Å². The fourth-order valence-electron chi connectivity index (χ4n) is 5.62. The van der Waals surface area contributed by atoms with E-state index in [0.717, 1.165) is 40.6 Å². The number of primary amides is 1. The molecular formula is C25H27N7O. The number of carbonyl (C=O) groups is 1. The van der Waals surface area contributed by atoms with E-state index in [2.05, 4.69) is 34.4 Å². The molecule has 2 aliphatic heterocycles. The molecule has 168 valence electrons. The van der Waals surface area contributed by atoms with E-state index in [1.54, 1.807) is 0 Å². The summed E-state index contributed by atoms with van der Waals surface area (Å²) in [4.78, 5) is 14.8. The molecule has 2 aromatic carbocycles. The molecule has 4 heterocycles. The summed E-state index contributed by atoms with van der Waals surface area (Å²) in [7, 11) is 2.23. The normalized spacial score (nSPS) is 22.8. The van der Waals surface area contributed by atoms with Crippen molar-refractivity contribution < 1.29 is 4.79 Å². The first kappa shape index (κ1) is 20.1. The van der Waals surface area contributed by atoms with Crippen molar-refractivity contribution in [1.82, 2.24) is 29.7 Å². The Morgan fingerprint density at radius 1 is 1.06 bits per heavy atom. The van der Waals surface area contributed by atoms with Gasteiger partial charge < -0.3 is 10.6 Å². The topological polar surface area (TPSA) is 94.9 Å². The van der Waals surface area contributed by atoms with Crippen LogP contribution in [0.2, 0.25) is 0 Å². The van der Waals surface area contributed by atoms with Gasteiger partial charge in [0.05, 0.1) is 24.3 Å². The van der Waals surface area contributed by atoms with Gasteiger partial charge in [-0.1, -0.05) is 41.6 Å². The van der Waals surface area contributed by atoms with E-state index < -0.39 is 5.91 Å². The third-order valence-corrected chi connectivity index (χ3v) is 7.38. The molecule has 2 unspecified atom stereocenters. The van der Waals surface area contributed by atoms with Crippen LogP contribution >= 0.6 is 0 Å². The molecule has 2 fully saturated rings. The minimum atomic E-state index is -0.500. The van der Waals surface area contributed by atoms with Crippen molar-refractivity contribution >= 4 is 16.8 Å². The molecular weight excluding hydrogens is 414 g/mol. The summed E-state index contributed by atoms with van der Waals surface area (Å²) in [5, 5.41) is 14.1. The van der Waals surface area contributed by atoms with Crippen molar-refractivity contribution in [3.05, 3.63) is 66.0 Å². The van der Waals surface area contributed by atoms with Crippen molar-refractivity contribution in [2.45, 2.75) is 50.4 Å². The van der Waals surface area contributed by atoms with Gasteiger partial charge in [-0.3, -0.25) is 9.48 Å². The zero-order chi connectivity index (χ0) is 22.5. The summed E-state index contributed by atoms with van der Waals surface area (Å²) in [5.41, 5.74) is 9.83. The first-order valence-corrected chi connectivity index (χ1v) is 11.6. The molecule has 8 nitrogen and oxygen atoms in total. The Bertz CT molecular complexity index is 1310. The maximum absolute atomic E-state index is 12.3. The fourth-order valence-corrected chi connectivity index (χ4v) is 5.62. The number of fused-ring (bicyclic) bond motifs is 3. The molecule has 2 N–H and O–H groups in total. The van der Waals surface area contributed by atoms with Crippen LogP contribution in [-0.4, -0.2) is 54.7 Å². The number of rotatable bonds is 5. The van der Waals surface area contributed by atoms with Gasteiger partial charge in [0.1, 0.15) is 5.69 Å². The van der Waals surface area contributed by atoms with E-state index in [0.29, 0.717) is 24.3 Å². The number of hydrogen-bond donors (Lipinski definition) is 1. The van der Waals surface area contributed by atoms with Crippen molar-refractivity contribution in [2.75, 3.05) is 7.05 Å². The van der Waals surface area contributed by atoms with Gasteiger partial charge in [-0.05, 0) is 50.4 Å². The van der Waals surface area contributed by atoms with Crippen LogP contribution in [0.3, 0.4) is 0 Å². The number of hydrogen-bond acceptors (Lipinski definition) is 5. The average molecular weight is 442 g/mol. The average Bonchev–Trinajstić information content (AvgIpc) is 3.48. The van der Waals surface area contributed by atoms with Crippen LogP contribution in [-0.2, 0) is 6.54 Å². The Morgan fingerprint density at radius 3 is 2.55 bits per heavy atom. The lowest BCUT2D eigenvalue weighted by molar-refractivity contribution is 0.0993. The molecule has 0 aliphatic carbocycles. The number of amides is 1. The van der Waals surface area contributed by atoms with Crippen LogP contribution in [0.1, 0.15) is 47.8 Å². The Labute approximate surface area is 192 Å². The molecule has 2 aliphatic rings. The van der Waals surface area contributed by atoms with E-state index in [1.807, 2.05) is 52.0 Å². The van der Waals surface area contributed by atoms with E-state index in [-0.39, 0.29) is 6.04 Å². The number of aromatic nitrogens is 5. The van der Waals surface area contributed by atoms with Crippen molar-refractivity contribution in [3.8, 4) is 11.3 Å². The van der Waals surface area contributed by atoms with Crippen molar-refractivity contribution in [3.63, 3.8) is 0 Å². The molecule has 6 rings (SSSR count). The van der Waals surface area contributed by atoms with Gasteiger partial charge in [-0.2, -0.15) is 5.10 Å². The van der Waals surface area contributed by atoms with Crippen LogP contribution in [0, 0.1) is 0 Å². The highest BCUT2D eigenvalue weighted by Gasteiger charge is 2.40. The SMILES string of the molecule is CN1C2CCC1CC(n1nc(C(N)=O)c3cc(-c4cn(Cc5ccccc5)nn4)ccc31)C2. The van der Waals surface area contributed by atoms with Crippen LogP contribution in [0.15, 0.2) is 54.7 Å². The van der Waals surface area contributed by atoms with Crippen LogP contribution in [0.5, 0.6) is 0 Å². The number of nitrogens with two attached hydrogens (primary N) is 1. The quantitative estimate of drug-likeness (QED) is 0.513. The summed E-state index contributed by atoms with van der Waals surface area (Å²) in [6, 6.07) is 17.7. The lowest BCUT2D eigenvalue weighted by Crippen LogP contribution is -2.40. The number of piperidine rings is 1. The highest BCUT2D eigenvalue weighted by Crippen LogP contribution is 2.41. The van der Waals surface area contributed by atoms with Gasteiger partial charge in [0.15, 0.2) is 5.69 Å². The fraction of sp³-hybridized carbons (Fsp3) is 0.360. The maximum atomic E-state index is 12.3. The highest BCUT2D eigenvalue weighted by atomic mass is 16.1. The standard InChI is InChI=1S/C25H27N7O/c1-30-18-8-9-19(30)13-20(12-18)32-23-10-7-17(11-21(23)24(28-32)25(26)33)22-15-31(29-27-22)14-16-5-3-2-4-6-16/h2-7,10-11,15,18-20H,8-9,12-14H2,1H3,(H2,26,33). The van der Waals surface area contributed by atoms with Crippen LogP contribution < -0.4 is 5.73 Å². The molecule has 2 bridgehead atoms. The molecule has 0 spiro atoms. The third-order valence-electron chi connectivity index (χ3n) is 7.38. The zero-order valence-corrected chi connectivity index (χ0v) is 18.6. The summed E-state index contributed by atoms with van der Waals surface area (Å²) < 4.78 is 3.87. The van der Waals surface area contributed by atoms with Gasteiger partial charge in [0.2, 0.25) is 0 Å². The maximum Gasteiger partial charge on any atom is 0.269 e. The van der Waals surface area contributed by atoms with Crippen LogP contribution in [0.4, 0.5) is 0 Å². The van der Waals surface area contributed by atoms with Crippen LogP contribution in [0.25, 0.3) is 22.2 Å². The summed E-state index contributed by atoms with van der Waals surface area (Å²) in [5.74, 6) is -0.500. The summed E-state index contributed by atoms with van der Waals surface area (Å²) in [6.45, 7) is 0.652. The smallest absolute Gasteiger partial charge is 0.269 e.